The van der Waals surface area contributed by atoms with E-state index in [2.05, 4.69) is 12.2 Å². The number of nitrogens with one attached hydrogen (secondary N) is 1. The van der Waals surface area contributed by atoms with E-state index in [1.165, 1.54) is 19.3 Å². The third-order valence-electron chi connectivity index (χ3n) is 4.02. The highest BCUT2D eigenvalue weighted by Crippen LogP contribution is 2.28. The maximum Gasteiger partial charge on any atom is 0.255 e. The van der Waals surface area contributed by atoms with Crippen molar-refractivity contribution in [1.29, 1.82) is 0 Å². The Bertz CT molecular complexity index is 441. The molecule has 19 heavy (non-hydrogen) atoms. The van der Waals surface area contributed by atoms with Crippen LogP contribution in [0.4, 0.5) is 5.69 Å². The summed E-state index contributed by atoms with van der Waals surface area (Å²) < 4.78 is 0. The standard InChI is InChI=1S/C15H21ClN2O/c1-2-10-6-3-4-9-13(10)18-15(19)14-11(16)7-5-8-12(14)17/h5,7-8,10,13H,2-4,6,9,17H2,1H3,(H,18,19). The summed E-state index contributed by atoms with van der Waals surface area (Å²) in [5.74, 6) is 0.426. The maximum absolute atomic E-state index is 12.3. The largest absolute Gasteiger partial charge is 0.398 e. The Morgan fingerprint density at radius 3 is 2.84 bits per heavy atom. The first-order valence-electron chi connectivity index (χ1n) is 6.98. The van der Waals surface area contributed by atoms with Gasteiger partial charge < -0.3 is 11.1 Å². The number of amides is 1. The Labute approximate surface area is 119 Å². The molecular weight excluding hydrogens is 260 g/mol. The lowest BCUT2D eigenvalue weighted by Crippen LogP contribution is -2.42. The minimum atomic E-state index is -0.145. The molecule has 0 radical (unpaired) electrons. The molecule has 3 nitrogen and oxygen atoms in total. The van der Waals surface area contributed by atoms with Crippen LogP contribution in [0.5, 0.6) is 0 Å². The van der Waals surface area contributed by atoms with E-state index in [1.54, 1.807) is 18.2 Å². The fourth-order valence-electron chi connectivity index (χ4n) is 2.91. The number of hydrogen-bond acceptors (Lipinski definition) is 2. The first-order chi connectivity index (χ1) is 9.13. The van der Waals surface area contributed by atoms with Crippen LogP contribution >= 0.6 is 11.6 Å². The molecule has 1 amide bonds. The molecule has 2 rings (SSSR count). The van der Waals surface area contributed by atoms with Gasteiger partial charge in [-0.15, -0.1) is 0 Å². The lowest BCUT2D eigenvalue weighted by atomic mass is 9.83. The molecule has 0 aliphatic heterocycles. The van der Waals surface area contributed by atoms with Gasteiger partial charge in [0.05, 0.1) is 10.6 Å². The van der Waals surface area contributed by atoms with E-state index in [1.807, 2.05) is 0 Å². The molecule has 1 aromatic carbocycles. The average molecular weight is 281 g/mol. The highest BCUT2D eigenvalue weighted by atomic mass is 35.5. The van der Waals surface area contributed by atoms with Crippen LogP contribution in [0.15, 0.2) is 18.2 Å². The summed E-state index contributed by atoms with van der Waals surface area (Å²) in [5.41, 5.74) is 6.70. The second-order valence-corrected chi connectivity index (χ2v) is 5.64. The van der Waals surface area contributed by atoms with E-state index < -0.39 is 0 Å². The molecular formula is C15H21ClN2O. The van der Waals surface area contributed by atoms with Gasteiger partial charge in [0.25, 0.3) is 5.91 Å². The molecule has 0 aromatic heterocycles. The van der Waals surface area contributed by atoms with Gasteiger partial charge in [0.2, 0.25) is 0 Å². The number of nitrogens with two attached hydrogens (primary N) is 1. The van der Waals surface area contributed by atoms with Crippen LogP contribution in [0.2, 0.25) is 5.02 Å². The summed E-state index contributed by atoms with van der Waals surface area (Å²) in [6.07, 6.45) is 5.79. The molecule has 0 saturated heterocycles. The molecule has 1 saturated carbocycles. The highest BCUT2D eigenvalue weighted by Gasteiger charge is 2.26. The lowest BCUT2D eigenvalue weighted by molar-refractivity contribution is 0.0906. The van der Waals surface area contributed by atoms with Gasteiger partial charge in [-0.2, -0.15) is 0 Å². The zero-order chi connectivity index (χ0) is 13.8. The second-order valence-electron chi connectivity index (χ2n) is 5.24. The van der Waals surface area contributed by atoms with Crippen LogP contribution in [-0.4, -0.2) is 11.9 Å². The molecule has 1 aliphatic carbocycles. The van der Waals surface area contributed by atoms with Crippen molar-refractivity contribution < 1.29 is 4.79 Å². The first kappa shape index (κ1) is 14.2. The predicted octanol–water partition coefficient (Wildman–Crippen LogP) is 3.62. The monoisotopic (exact) mass is 280 g/mol. The van der Waals surface area contributed by atoms with E-state index in [-0.39, 0.29) is 11.9 Å². The Morgan fingerprint density at radius 1 is 1.42 bits per heavy atom. The summed E-state index contributed by atoms with van der Waals surface area (Å²) >= 11 is 6.07. The first-order valence-corrected chi connectivity index (χ1v) is 7.36. The van der Waals surface area contributed by atoms with Crippen molar-refractivity contribution in [2.75, 3.05) is 5.73 Å². The summed E-state index contributed by atoms with van der Waals surface area (Å²) in [7, 11) is 0. The van der Waals surface area contributed by atoms with Gasteiger partial charge in [-0.25, -0.2) is 0 Å². The van der Waals surface area contributed by atoms with Crippen molar-refractivity contribution in [2.45, 2.75) is 45.1 Å². The van der Waals surface area contributed by atoms with Gasteiger partial charge in [-0.05, 0) is 30.9 Å². The van der Waals surface area contributed by atoms with E-state index in [9.17, 15) is 4.79 Å². The number of rotatable bonds is 3. The summed E-state index contributed by atoms with van der Waals surface area (Å²) in [4.78, 5) is 12.3. The van der Waals surface area contributed by atoms with Crippen molar-refractivity contribution in [2.24, 2.45) is 5.92 Å². The minimum Gasteiger partial charge on any atom is -0.398 e. The van der Waals surface area contributed by atoms with Gasteiger partial charge >= 0.3 is 0 Å². The van der Waals surface area contributed by atoms with Gasteiger partial charge in [0.1, 0.15) is 0 Å². The number of benzene rings is 1. The van der Waals surface area contributed by atoms with Crippen molar-refractivity contribution >= 4 is 23.2 Å². The van der Waals surface area contributed by atoms with Gasteiger partial charge in [0, 0.05) is 11.7 Å². The molecule has 0 bridgehead atoms. The topological polar surface area (TPSA) is 55.1 Å². The number of carbonyl (C=O) groups is 1. The van der Waals surface area contributed by atoms with E-state index >= 15 is 0 Å². The third-order valence-corrected chi connectivity index (χ3v) is 4.34. The van der Waals surface area contributed by atoms with Crippen molar-refractivity contribution in [3.05, 3.63) is 28.8 Å². The Balaban J connectivity index is 2.12. The SMILES string of the molecule is CCC1CCCCC1NC(=O)c1c(N)cccc1Cl. The fraction of sp³-hybridized carbons (Fsp3) is 0.533. The number of hydrogen-bond donors (Lipinski definition) is 2. The fourth-order valence-corrected chi connectivity index (χ4v) is 3.17. The zero-order valence-corrected chi connectivity index (χ0v) is 12.0. The van der Waals surface area contributed by atoms with Crippen molar-refractivity contribution in [3.8, 4) is 0 Å². The minimum absolute atomic E-state index is 0.145. The van der Waals surface area contributed by atoms with Crippen LogP contribution in [0, 0.1) is 5.92 Å². The van der Waals surface area contributed by atoms with E-state index in [0.717, 1.165) is 12.8 Å². The molecule has 4 heteroatoms. The molecule has 0 heterocycles. The second kappa shape index (κ2) is 6.29. The van der Waals surface area contributed by atoms with Crippen LogP contribution in [0.25, 0.3) is 0 Å². The molecule has 104 valence electrons. The Morgan fingerprint density at radius 2 is 2.16 bits per heavy atom. The van der Waals surface area contributed by atoms with Gasteiger partial charge in [-0.3, -0.25) is 4.79 Å². The van der Waals surface area contributed by atoms with Crippen LogP contribution in [0.3, 0.4) is 0 Å². The van der Waals surface area contributed by atoms with Crippen LogP contribution in [0.1, 0.15) is 49.4 Å². The number of anilines is 1. The molecule has 1 fully saturated rings. The van der Waals surface area contributed by atoms with Crippen molar-refractivity contribution in [1.82, 2.24) is 5.32 Å². The predicted molar refractivity (Wildman–Crippen MR) is 79.4 cm³/mol. The van der Waals surface area contributed by atoms with E-state index in [4.69, 9.17) is 17.3 Å². The normalized spacial score (nSPS) is 23.1. The summed E-state index contributed by atoms with van der Waals surface area (Å²) in [6.45, 7) is 2.18. The third kappa shape index (κ3) is 3.21. The summed E-state index contributed by atoms with van der Waals surface area (Å²) in [6, 6.07) is 5.41. The number of nitrogen functional groups attached to an aromatic ring is 1. The lowest BCUT2D eigenvalue weighted by Gasteiger charge is -2.31. The Kier molecular flexibility index (Phi) is 4.70. The summed E-state index contributed by atoms with van der Waals surface area (Å²) in [5, 5.41) is 3.53. The highest BCUT2D eigenvalue weighted by molar-refractivity contribution is 6.34. The van der Waals surface area contributed by atoms with Gasteiger partial charge in [-0.1, -0.05) is 43.9 Å². The van der Waals surface area contributed by atoms with E-state index in [0.29, 0.717) is 22.2 Å². The molecule has 1 aliphatic rings. The van der Waals surface area contributed by atoms with Crippen LogP contribution in [-0.2, 0) is 0 Å². The van der Waals surface area contributed by atoms with Crippen molar-refractivity contribution in [3.63, 3.8) is 0 Å². The molecule has 3 N–H and O–H groups in total. The molecule has 2 unspecified atom stereocenters. The number of halogens is 1. The number of carbonyl (C=O) groups excluding carboxylic acids is 1. The Hall–Kier alpha value is -1.22. The maximum atomic E-state index is 12.3. The van der Waals surface area contributed by atoms with Gasteiger partial charge in [0.15, 0.2) is 0 Å². The average Bonchev–Trinajstić information content (AvgIpc) is 2.39. The van der Waals surface area contributed by atoms with Crippen LogP contribution < -0.4 is 11.1 Å². The molecule has 2 atom stereocenters. The quantitative estimate of drug-likeness (QED) is 0.831. The smallest absolute Gasteiger partial charge is 0.255 e. The molecule has 0 spiro atoms. The molecule has 1 aromatic rings. The zero-order valence-electron chi connectivity index (χ0n) is 11.3.